The average molecular weight is 369 g/mol. The van der Waals surface area contributed by atoms with Gasteiger partial charge in [0, 0.05) is 12.1 Å². The number of rotatable bonds is 9. The van der Waals surface area contributed by atoms with Gasteiger partial charge >= 0.3 is 5.97 Å². The van der Waals surface area contributed by atoms with E-state index in [4.69, 9.17) is 14.2 Å². The van der Waals surface area contributed by atoms with Crippen LogP contribution in [0.15, 0.2) is 42.5 Å². The van der Waals surface area contributed by atoms with Gasteiger partial charge in [-0.25, -0.2) is 4.79 Å². The molecule has 1 unspecified atom stereocenters. The Morgan fingerprint density at radius 3 is 2.44 bits per heavy atom. The van der Waals surface area contributed by atoms with Crippen LogP contribution in [0, 0.1) is 0 Å². The molecular formula is C22H27NO4. The number of methoxy groups -OCH3 is 2. The number of nitrogens with zero attached hydrogens (tertiary/aromatic N) is 1. The molecule has 0 saturated carbocycles. The lowest BCUT2D eigenvalue weighted by Gasteiger charge is -2.17. The molecule has 0 aliphatic carbocycles. The van der Waals surface area contributed by atoms with Gasteiger partial charge in [0.2, 0.25) is 0 Å². The summed E-state index contributed by atoms with van der Waals surface area (Å²) < 4.78 is 16.2. The number of fused-ring (bicyclic) bond motifs is 1. The number of hydrogen-bond acceptors (Lipinski definition) is 5. The fraction of sp³-hybridized carbons (Fsp3) is 0.409. The third-order valence-corrected chi connectivity index (χ3v) is 4.92. The summed E-state index contributed by atoms with van der Waals surface area (Å²) in [6.45, 7) is 1.95. The second-order valence-corrected chi connectivity index (χ2v) is 6.91. The summed E-state index contributed by atoms with van der Waals surface area (Å²) in [5.41, 5.74) is 2.80. The quantitative estimate of drug-likeness (QED) is 0.489. The molecule has 5 heteroatoms. The first-order chi connectivity index (χ1) is 13.1. The van der Waals surface area contributed by atoms with Crippen molar-refractivity contribution >= 4 is 5.97 Å². The molecule has 0 bridgehead atoms. The SMILES string of the molecule is COc1cc2c(cc1OC)C(CCCCN(C)Cc1ccccc1)OC2=O. The molecule has 1 aliphatic rings. The lowest BCUT2D eigenvalue weighted by atomic mass is 10.00. The maximum atomic E-state index is 12.2. The van der Waals surface area contributed by atoms with E-state index in [0.717, 1.165) is 37.9 Å². The normalized spacial score (nSPS) is 15.6. The Morgan fingerprint density at radius 1 is 1.04 bits per heavy atom. The number of hydrogen-bond donors (Lipinski definition) is 0. The van der Waals surface area contributed by atoms with Crippen LogP contribution >= 0.6 is 0 Å². The summed E-state index contributed by atoms with van der Waals surface area (Å²) in [5, 5.41) is 0. The summed E-state index contributed by atoms with van der Waals surface area (Å²) in [4.78, 5) is 14.5. The largest absolute Gasteiger partial charge is 0.493 e. The van der Waals surface area contributed by atoms with Gasteiger partial charge in [-0.1, -0.05) is 30.3 Å². The Balaban J connectivity index is 1.52. The van der Waals surface area contributed by atoms with E-state index in [1.165, 1.54) is 5.56 Å². The second-order valence-electron chi connectivity index (χ2n) is 6.91. The van der Waals surface area contributed by atoms with E-state index in [1.807, 2.05) is 12.1 Å². The zero-order chi connectivity index (χ0) is 19.2. The minimum atomic E-state index is -0.280. The van der Waals surface area contributed by atoms with E-state index in [0.29, 0.717) is 17.1 Å². The van der Waals surface area contributed by atoms with Crippen molar-refractivity contribution < 1.29 is 19.0 Å². The third kappa shape index (κ3) is 4.61. The van der Waals surface area contributed by atoms with Crippen molar-refractivity contribution in [3.8, 4) is 11.5 Å². The fourth-order valence-electron chi connectivity index (χ4n) is 3.49. The van der Waals surface area contributed by atoms with Crippen LogP contribution < -0.4 is 9.47 Å². The molecule has 2 aromatic carbocycles. The Hall–Kier alpha value is -2.53. The van der Waals surface area contributed by atoms with Crippen LogP contribution in [-0.4, -0.2) is 38.7 Å². The molecule has 3 rings (SSSR count). The predicted molar refractivity (Wildman–Crippen MR) is 104 cm³/mol. The van der Waals surface area contributed by atoms with Crippen molar-refractivity contribution in [2.75, 3.05) is 27.8 Å². The van der Waals surface area contributed by atoms with Gasteiger partial charge in [0.1, 0.15) is 6.10 Å². The van der Waals surface area contributed by atoms with E-state index in [9.17, 15) is 4.79 Å². The van der Waals surface area contributed by atoms with Crippen LogP contribution in [0.3, 0.4) is 0 Å². The molecule has 1 heterocycles. The Bertz CT molecular complexity index is 775. The molecule has 0 radical (unpaired) electrons. The highest BCUT2D eigenvalue weighted by Crippen LogP contribution is 2.40. The van der Waals surface area contributed by atoms with Gasteiger partial charge in [-0.15, -0.1) is 0 Å². The van der Waals surface area contributed by atoms with Crippen molar-refractivity contribution in [1.29, 1.82) is 0 Å². The van der Waals surface area contributed by atoms with Gasteiger partial charge < -0.3 is 19.1 Å². The zero-order valence-corrected chi connectivity index (χ0v) is 16.2. The summed E-state index contributed by atoms with van der Waals surface area (Å²) in [7, 11) is 5.29. The number of carbonyl (C=O) groups excluding carboxylic acids is 1. The average Bonchev–Trinajstić information content (AvgIpc) is 2.99. The molecule has 1 aliphatic heterocycles. The van der Waals surface area contributed by atoms with Crippen molar-refractivity contribution in [2.45, 2.75) is 31.9 Å². The highest BCUT2D eigenvalue weighted by atomic mass is 16.5. The van der Waals surface area contributed by atoms with Gasteiger partial charge in [0.25, 0.3) is 0 Å². The molecule has 0 fully saturated rings. The van der Waals surface area contributed by atoms with Gasteiger partial charge in [0.05, 0.1) is 19.8 Å². The summed E-state index contributed by atoms with van der Waals surface area (Å²) in [6.07, 6.45) is 2.66. The molecule has 0 saturated heterocycles. The first kappa shape index (κ1) is 19.2. The van der Waals surface area contributed by atoms with E-state index in [1.54, 1.807) is 20.3 Å². The number of carbonyl (C=O) groups is 1. The summed E-state index contributed by atoms with van der Waals surface area (Å²) in [6, 6.07) is 14.0. The maximum Gasteiger partial charge on any atom is 0.339 e. The van der Waals surface area contributed by atoms with E-state index in [-0.39, 0.29) is 12.1 Å². The van der Waals surface area contributed by atoms with Gasteiger partial charge in [-0.2, -0.15) is 0 Å². The molecule has 0 spiro atoms. The van der Waals surface area contributed by atoms with Gasteiger partial charge in [-0.05, 0) is 50.6 Å². The molecule has 0 N–H and O–H groups in total. The maximum absolute atomic E-state index is 12.2. The lowest BCUT2D eigenvalue weighted by Crippen LogP contribution is -2.19. The Kier molecular flexibility index (Phi) is 6.35. The smallest absolute Gasteiger partial charge is 0.339 e. The number of ether oxygens (including phenoxy) is 3. The van der Waals surface area contributed by atoms with Crippen LogP contribution in [0.25, 0.3) is 0 Å². The van der Waals surface area contributed by atoms with Crippen LogP contribution in [0.1, 0.15) is 46.9 Å². The number of unbranched alkanes of at least 4 members (excludes halogenated alkanes) is 1. The number of cyclic esters (lactones) is 1. The standard InChI is InChI=1S/C22H27NO4/c1-23(15-16-9-5-4-6-10-16)12-8-7-11-19-17-13-20(25-2)21(26-3)14-18(17)22(24)27-19/h4-6,9-10,13-14,19H,7-8,11-12,15H2,1-3H3. The van der Waals surface area contributed by atoms with E-state index >= 15 is 0 Å². The van der Waals surface area contributed by atoms with E-state index in [2.05, 4.69) is 36.2 Å². The number of benzene rings is 2. The topological polar surface area (TPSA) is 48.0 Å². The van der Waals surface area contributed by atoms with Crippen LogP contribution in [0.4, 0.5) is 0 Å². The summed E-state index contributed by atoms with van der Waals surface area (Å²) >= 11 is 0. The van der Waals surface area contributed by atoms with Crippen LogP contribution in [0.2, 0.25) is 0 Å². The van der Waals surface area contributed by atoms with Crippen LogP contribution in [-0.2, 0) is 11.3 Å². The molecule has 5 nitrogen and oxygen atoms in total. The first-order valence-electron chi connectivity index (χ1n) is 9.31. The van der Waals surface area contributed by atoms with Crippen molar-refractivity contribution in [3.05, 3.63) is 59.2 Å². The van der Waals surface area contributed by atoms with Crippen molar-refractivity contribution in [3.63, 3.8) is 0 Å². The fourth-order valence-corrected chi connectivity index (χ4v) is 3.49. The lowest BCUT2D eigenvalue weighted by molar-refractivity contribution is 0.0362. The van der Waals surface area contributed by atoms with Crippen molar-refractivity contribution in [2.24, 2.45) is 0 Å². The minimum absolute atomic E-state index is 0.202. The summed E-state index contributed by atoms with van der Waals surface area (Å²) in [5.74, 6) is 0.899. The van der Waals surface area contributed by atoms with Gasteiger partial charge in [0.15, 0.2) is 11.5 Å². The van der Waals surface area contributed by atoms with Crippen molar-refractivity contribution in [1.82, 2.24) is 4.90 Å². The Labute approximate surface area is 160 Å². The molecule has 27 heavy (non-hydrogen) atoms. The molecule has 1 atom stereocenters. The Morgan fingerprint density at radius 2 is 1.74 bits per heavy atom. The van der Waals surface area contributed by atoms with Gasteiger partial charge in [-0.3, -0.25) is 0 Å². The highest BCUT2D eigenvalue weighted by Gasteiger charge is 2.32. The molecule has 144 valence electrons. The molecule has 0 amide bonds. The monoisotopic (exact) mass is 369 g/mol. The highest BCUT2D eigenvalue weighted by molar-refractivity contribution is 5.95. The van der Waals surface area contributed by atoms with E-state index < -0.39 is 0 Å². The predicted octanol–water partition coefficient (Wildman–Crippen LogP) is 4.22. The molecule has 2 aromatic rings. The third-order valence-electron chi connectivity index (χ3n) is 4.92. The second kappa shape index (κ2) is 8.91. The number of esters is 1. The minimum Gasteiger partial charge on any atom is -0.493 e. The van der Waals surface area contributed by atoms with Crippen LogP contribution in [0.5, 0.6) is 11.5 Å². The molecular weight excluding hydrogens is 342 g/mol. The zero-order valence-electron chi connectivity index (χ0n) is 16.2. The molecule has 0 aromatic heterocycles. The first-order valence-corrected chi connectivity index (χ1v) is 9.31.